The lowest BCUT2D eigenvalue weighted by Crippen LogP contribution is -2.45. The number of hydrogen-bond donors (Lipinski definition) is 1. The highest BCUT2D eigenvalue weighted by molar-refractivity contribution is 7.86. The van der Waals surface area contributed by atoms with Gasteiger partial charge in [-0.05, 0) is 48.9 Å². The highest BCUT2D eigenvalue weighted by Crippen LogP contribution is 2.31. The molecular weight excluding hydrogens is 539 g/mol. The molecule has 1 N–H and O–H groups in total. The number of aliphatic carboxylic acids is 1. The predicted octanol–water partition coefficient (Wildman–Crippen LogP) is 4.76. The molecule has 0 saturated carbocycles. The smallest absolute Gasteiger partial charge is 0.416 e. The largest absolute Gasteiger partial charge is 0.493 e. The molecule has 9 nitrogen and oxygen atoms in total. The maximum Gasteiger partial charge on any atom is 0.416 e. The van der Waals surface area contributed by atoms with Crippen molar-refractivity contribution in [1.82, 2.24) is 13.6 Å². The summed E-state index contributed by atoms with van der Waals surface area (Å²) in [7, 11) is -3.99. The van der Waals surface area contributed by atoms with Gasteiger partial charge in [0.1, 0.15) is 18.1 Å². The van der Waals surface area contributed by atoms with Crippen molar-refractivity contribution in [3.8, 4) is 17.2 Å². The van der Waals surface area contributed by atoms with Crippen LogP contribution in [0.1, 0.15) is 36.4 Å². The molecular formula is C26H30F3N3O6S. The second-order valence-corrected chi connectivity index (χ2v) is 10.5. The lowest BCUT2D eigenvalue weighted by Gasteiger charge is -2.27. The van der Waals surface area contributed by atoms with Gasteiger partial charge < -0.3 is 14.3 Å². The molecule has 0 radical (unpaired) electrons. The van der Waals surface area contributed by atoms with Crippen LogP contribution in [0.4, 0.5) is 13.2 Å². The molecule has 1 aromatic heterocycles. The molecule has 0 spiro atoms. The van der Waals surface area contributed by atoms with Crippen LogP contribution in [-0.2, 0) is 34.1 Å². The molecule has 3 aromatic rings. The third-order valence-corrected chi connectivity index (χ3v) is 7.97. The number of carboxylic acid groups (broad SMARTS) is 1. The minimum atomic E-state index is -4.43. The third-order valence-electron chi connectivity index (χ3n) is 5.89. The summed E-state index contributed by atoms with van der Waals surface area (Å²) in [6.07, 6.45) is -4.08. The van der Waals surface area contributed by atoms with E-state index in [1.165, 1.54) is 16.4 Å². The summed E-state index contributed by atoms with van der Waals surface area (Å²) in [6, 6.07) is 11.2. The number of hydrogen-bond acceptors (Lipinski definition) is 6. The van der Waals surface area contributed by atoms with E-state index in [2.05, 4.69) is 4.98 Å². The lowest BCUT2D eigenvalue weighted by molar-refractivity contribution is -0.138. The van der Waals surface area contributed by atoms with Gasteiger partial charge in [-0.15, -0.1) is 0 Å². The van der Waals surface area contributed by atoms with Crippen LogP contribution >= 0.6 is 0 Å². The molecule has 39 heavy (non-hydrogen) atoms. The van der Waals surface area contributed by atoms with Crippen LogP contribution in [0.2, 0.25) is 0 Å². The Morgan fingerprint density at radius 1 is 1.08 bits per heavy atom. The first kappa shape index (κ1) is 30.1. The van der Waals surface area contributed by atoms with Crippen molar-refractivity contribution in [2.24, 2.45) is 0 Å². The molecule has 3 rings (SSSR count). The van der Waals surface area contributed by atoms with Crippen LogP contribution in [0.15, 0.2) is 52.9 Å². The molecule has 0 fully saturated rings. The zero-order valence-corrected chi connectivity index (χ0v) is 22.6. The van der Waals surface area contributed by atoms with Crippen LogP contribution < -0.4 is 4.74 Å². The Morgan fingerprint density at radius 2 is 1.74 bits per heavy atom. The van der Waals surface area contributed by atoms with Gasteiger partial charge in [0.2, 0.25) is 5.89 Å². The van der Waals surface area contributed by atoms with Crippen molar-refractivity contribution in [3.63, 3.8) is 0 Å². The quantitative estimate of drug-likeness (QED) is 0.316. The second-order valence-electron chi connectivity index (χ2n) is 8.60. The highest BCUT2D eigenvalue weighted by Gasteiger charge is 2.31. The fourth-order valence-electron chi connectivity index (χ4n) is 3.87. The summed E-state index contributed by atoms with van der Waals surface area (Å²) in [6.45, 7) is 4.83. The van der Waals surface area contributed by atoms with Crippen molar-refractivity contribution in [3.05, 3.63) is 71.1 Å². The van der Waals surface area contributed by atoms with Crippen LogP contribution in [0.3, 0.4) is 0 Å². The summed E-state index contributed by atoms with van der Waals surface area (Å²) < 4.78 is 77.8. The summed E-state index contributed by atoms with van der Waals surface area (Å²) >= 11 is 0. The van der Waals surface area contributed by atoms with Gasteiger partial charge in [0.05, 0.1) is 17.9 Å². The molecule has 0 bridgehead atoms. The summed E-state index contributed by atoms with van der Waals surface area (Å²) in [5.74, 6) is -0.108. The maximum absolute atomic E-state index is 12.9. The maximum atomic E-state index is 12.9. The molecule has 0 aliphatic rings. The number of carboxylic acids is 1. The molecule has 2 aromatic carbocycles. The van der Waals surface area contributed by atoms with Crippen molar-refractivity contribution in [2.45, 2.75) is 39.9 Å². The Hall–Kier alpha value is -3.42. The van der Waals surface area contributed by atoms with E-state index in [0.717, 1.165) is 16.4 Å². The Kier molecular flexibility index (Phi) is 9.75. The van der Waals surface area contributed by atoms with E-state index in [1.54, 1.807) is 45.0 Å². The van der Waals surface area contributed by atoms with Gasteiger partial charge in [-0.3, -0.25) is 4.79 Å². The fourth-order valence-corrected chi connectivity index (χ4v) is 5.44. The molecule has 0 saturated heterocycles. The molecule has 212 valence electrons. The first-order valence-electron chi connectivity index (χ1n) is 12.2. The van der Waals surface area contributed by atoms with Crippen LogP contribution in [0.25, 0.3) is 11.5 Å². The van der Waals surface area contributed by atoms with E-state index in [1.807, 2.05) is 0 Å². The number of aromatic nitrogens is 1. The second kappa shape index (κ2) is 12.6. The number of aryl methyl sites for hydroxylation is 1. The summed E-state index contributed by atoms with van der Waals surface area (Å²) in [5.41, 5.74) is 0.782. The topological polar surface area (TPSA) is 113 Å². The Bertz CT molecular complexity index is 1370. The molecule has 1 heterocycles. The number of carbonyl (C=O) groups is 1. The van der Waals surface area contributed by atoms with E-state index in [0.29, 0.717) is 34.8 Å². The third kappa shape index (κ3) is 7.80. The zero-order chi connectivity index (χ0) is 28.8. The molecule has 0 amide bonds. The predicted molar refractivity (Wildman–Crippen MR) is 137 cm³/mol. The lowest BCUT2D eigenvalue weighted by atomic mass is 10.1. The van der Waals surface area contributed by atoms with Crippen LogP contribution in [-0.4, -0.2) is 59.3 Å². The van der Waals surface area contributed by atoms with Gasteiger partial charge in [0.25, 0.3) is 10.2 Å². The average Bonchev–Trinajstić information content (AvgIpc) is 3.24. The Labute approximate surface area is 225 Å². The molecule has 13 heteroatoms. The fraction of sp³-hybridized carbons (Fsp3) is 0.385. The minimum absolute atomic E-state index is 0.152. The Morgan fingerprint density at radius 3 is 2.33 bits per heavy atom. The molecule has 0 aliphatic carbocycles. The first-order chi connectivity index (χ1) is 18.3. The number of ether oxygens (including phenoxy) is 1. The van der Waals surface area contributed by atoms with Crippen molar-refractivity contribution in [2.75, 3.05) is 26.2 Å². The van der Waals surface area contributed by atoms with E-state index >= 15 is 0 Å². The zero-order valence-electron chi connectivity index (χ0n) is 21.7. The number of oxazole rings is 1. The van der Waals surface area contributed by atoms with Crippen LogP contribution in [0.5, 0.6) is 5.75 Å². The van der Waals surface area contributed by atoms with Gasteiger partial charge in [0.15, 0.2) is 0 Å². The molecule has 0 atom stereocenters. The van der Waals surface area contributed by atoms with Crippen molar-refractivity contribution in [1.29, 1.82) is 0 Å². The number of halogens is 3. The SMILES string of the molecule is CCN(CC)S(=O)(=O)N(CC(=O)O)Cc1cccc(OCCc2nc(-c3ccc(C(F)(F)F)cc3)oc2C)c1. The van der Waals surface area contributed by atoms with Gasteiger partial charge in [0, 0.05) is 31.6 Å². The van der Waals surface area contributed by atoms with Crippen LogP contribution in [0, 0.1) is 6.92 Å². The van der Waals surface area contributed by atoms with Crippen molar-refractivity contribution < 1.29 is 40.6 Å². The van der Waals surface area contributed by atoms with Gasteiger partial charge in [-0.2, -0.15) is 30.2 Å². The summed E-state index contributed by atoms with van der Waals surface area (Å²) in [4.78, 5) is 15.7. The standard InChI is InChI=1S/C26H30F3N3O6S/c1-4-31(5-2)39(35,36)32(17-24(33)34)16-19-7-6-8-22(15-19)37-14-13-23-18(3)38-25(30-23)20-9-11-21(12-10-20)26(27,28)29/h6-12,15H,4-5,13-14,16-17H2,1-3H3,(H,33,34). The van der Waals surface area contributed by atoms with Crippen molar-refractivity contribution >= 4 is 16.2 Å². The summed E-state index contributed by atoms with van der Waals surface area (Å²) in [5, 5.41) is 9.26. The van der Waals surface area contributed by atoms with Gasteiger partial charge in [-0.25, -0.2) is 4.98 Å². The number of nitrogens with zero attached hydrogens (tertiary/aromatic N) is 3. The van der Waals surface area contributed by atoms with E-state index in [-0.39, 0.29) is 32.1 Å². The minimum Gasteiger partial charge on any atom is -0.493 e. The number of rotatable bonds is 13. The van der Waals surface area contributed by atoms with E-state index < -0.39 is 34.5 Å². The van der Waals surface area contributed by atoms with E-state index in [9.17, 15) is 31.5 Å². The number of alkyl halides is 3. The Balaban J connectivity index is 1.66. The monoisotopic (exact) mass is 569 g/mol. The number of benzene rings is 2. The normalized spacial score (nSPS) is 12.3. The molecule has 0 aliphatic heterocycles. The van der Waals surface area contributed by atoms with Gasteiger partial charge in [-0.1, -0.05) is 26.0 Å². The average molecular weight is 570 g/mol. The molecule has 0 unspecified atom stereocenters. The van der Waals surface area contributed by atoms with E-state index in [4.69, 9.17) is 9.15 Å². The highest BCUT2D eigenvalue weighted by atomic mass is 32.2. The first-order valence-corrected chi connectivity index (χ1v) is 13.6. The van der Waals surface area contributed by atoms with Gasteiger partial charge >= 0.3 is 12.1 Å².